The van der Waals surface area contributed by atoms with Crippen LogP contribution in [-0.2, 0) is 0 Å². The van der Waals surface area contributed by atoms with E-state index in [9.17, 15) is 5.11 Å². The Bertz CT molecular complexity index is 141. The third kappa shape index (κ3) is 3.90. The molecule has 1 aliphatic rings. The van der Waals surface area contributed by atoms with Gasteiger partial charge in [0.2, 0.25) is 0 Å². The minimum atomic E-state index is -0.307. The first-order valence-electron chi connectivity index (χ1n) is 5.46. The van der Waals surface area contributed by atoms with Gasteiger partial charge in [-0.3, -0.25) is 0 Å². The van der Waals surface area contributed by atoms with Crippen LogP contribution in [0, 0.1) is 5.92 Å². The summed E-state index contributed by atoms with van der Waals surface area (Å²) in [5, 5.41) is 10.1. The smallest absolute Gasteiger partial charge is 0.0737 e. The molecule has 1 N–H and O–H groups in total. The molecule has 13 heavy (non-hydrogen) atoms. The summed E-state index contributed by atoms with van der Waals surface area (Å²) in [5.74, 6) is 2.96. The van der Waals surface area contributed by atoms with E-state index in [1.165, 1.54) is 25.0 Å². The summed E-state index contributed by atoms with van der Waals surface area (Å²) in [6.45, 7) is 4.52. The number of hydrogen-bond donors (Lipinski definition) is 1. The van der Waals surface area contributed by atoms with Crippen molar-refractivity contribution < 1.29 is 5.11 Å². The molecule has 1 rings (SSSR count). The highest BCUT2D eigenvalue weighted by Crippen LogP contribution is 2.32. The number of rotatable bonds is 5. The van der Waals surface area contributed by atoms with Crippen LogP contribution in [0.4, 0.5) is 0 Å². The standard InChI is InChI=1S/C11H22OS/c1-3-10(2)8-13-9-11(12)6-4-5-7-11/h10,12H,3-9H2,1-2H3. The van der Waals surface area contributed by atoms with E-state index in [1.54, 1.807) is 0 Å². The van der Waals surface area contributed by atoms with Crippen LogP contribution in [0.2, 0.25) is 0 Å². The fourth-order valence-electron chi connectivity index (χ4n) is 1.75. The highest BCUT2D eigenvalue weighted by atomic mass is 32.2. The van der Waals surface area contributed by atoms with Crippen molar-refractivity contribution in [3.63, 3.8) is 0 Å². The molecule has 0 aromatic rings. The second kappa shape index (κ2) is 5.26. The van der Waals surface area contributed by atoms with Gasteiger partial charge in [0, 0.05) is 5.75 Å². The molecule has 0 aromatic heterocycles. The fraction of sp³-hybridized carbons (Fsp3) is 1.00. The van der Waals surface area contributed by atoms with E-state index in [0.717, 1.165) is 24.5 Å². The summed E-state index contributed by atoms with van der Waals surface area (Å²) < 4.78 is 0. The van der Waals surface area contributed by atoms with Crippen molar-refractivity contribution in [1.82, 2.24) is 0 Å². The van der Waals surface area contributed by atoms with Gasteiger partial charge in [-0.05, 0) is 24.5 Å². The van der Waals surface area contributed by atoms with Crippen LogP contribution in [-0.4, -0.2) is 22.2 Å². The van der Waals surface area contributed by atoms with Gasteiger partial charge in [-0.1, -0.05) is 33.1 Å². The Morgan fingerprint density at radius 1 is 1.38 bits per heavy atom. The van der Waals surface area contributed by atoms with Gasteiger partial charge in [0.25, 0.3) is 0 Å². The van der Waals surface area contributed by atoms with Crippen LogP contribution >= 0.6 is 11.8 Å². The number of aliphatic hydroxyl groups is 1. The summed E-state index contributed by atoms with van der Waals surface area (Å²) in [7, 11) is 0. The van der Waals surface area contributed by atoms with Crippen molar-refractivity contribution >= 4 is 11.8 Å². The molecule has 0 aliphatic heterocycles. The first-order chi connectivity index (χ1) is 6.16. The molecule has 78 valence electrons. The predicted molar refractivity (Wildman–Crippen MR) is 60.2 cm³/mol. The van der Waals surface area contributed by atoms with E-state index in [1.807, 2.05) is 11.8 Å². The molecule has 0 spiro atoms. The normalized spacial score (nSPS) is 23.3. The molecule has 2 heteroatoms. The second-order valence-corrected chi connectivity index (χ2v) is 5.49. The molecule has 1 aliphatic carbocycles. The third-order valence-electron chi connectivity index (χ3n) is 3.00. The van der Waals surface area contributed by atoms with Crippen molar-refractivity contribution in [3.8, 4) is 0 Å². The average Bonchev–Trinajstić information content (AvgIpc) is 2.52. The highest BCUT2D eigenvalue weighted by molar-refractivity contribution is 7.99. The molecule has 0 saturated heterocycles. The van der Waals surface area contributed by atoms with Crippen LogP contribution in [0.3, 0.4) is 0 Å². The Balaban J connectivity index is 2.11. The van der Waals surface area contributed by atoms with Gasteiger partial charge in [-0.2, -0.15) is 11.8 Å². The Kier molecular flexibility index (Phi) is 4.60. The molecule has 0 radical (unpaired) electrons. The van der Waals surface area contributed by atoms with Crippen LogP contribution in [0.15, 0.2) is 0 Å². The topological polar surface area (TPSA) is 20.2 Å². The lowest BCUT2D eigenvalue weighted by atomic mass is 10.1. The lowest BCUT2D eigenvalue weighted by Gasteiger charge is -2.22. The highest BCUT2D eigenvalue weighted by Gasteiger charge is 2.30. The van der Waals surface area contributed by atoms with E-state index in [0.29, 0.717) is 0 Å². The molecule has 0 bridgehead atoms. The molecule has 1 saturated carbocycles. The van der Waals surface area contributed by atoms with Crippen LogP contribution in [0.1, 0.15) is 46.0 Å². The average molecular weight is 202 g/mol. The Labute approximate surface area is 86.3 Å². The predicted octanol–water partition coefficient (Wildman–Crippen LogP) is 3.07. The number of hydrogen-bond acceptors (Lipinski definition) is 2. The first-order valence-corrected chi connectivity index (χ1v) is 6.62. The van der Waals surface area contributed by atoms with Crippen molar-refractivity contribution in [2.75, 3.05) is 11.5 Å². The van der Waals surface area contributed by atoms with Gasteiger partial charge in [0.05, 0.1) is 5.60 Å². The molecule has 1 unspecified atom stereocenters. The molecular weight excluding hydrogens is 180 g/mol. The van der Waals surface area contributed by atoms with E-state index in [4.69, 9.17) is 0 Å². The maximum Gasteiger partial charge on any atom is 0.0737 e. The van der Waals surface area contributed by atoms with Gasteiger partial charge in [-0.15, -0.1) is 0 Å². The van der Waals surface area contributed by atoms with E-state index < -0.39 is 0 Å². The Hall–Kier alpha value is 0.310. The van der Waals surface area contributed by atoms with Crippen LogP contribution in [0.25, 0.3) is 0 Å². The van der Waals surface area contributed by atoms with Crippen molar-refractivity contribution in [2.45, 2.75) is 51.6 Å². The maximum atomic E-state index is 10.1. The van der Waals surface area contributed by atoms with Crippen molar-refractivity contribution in [1.29, 1.82) is 0 Å². The zero-order chi connectivity index (χ0) is 9.73. The fourth-order valence-corrected chi connectivity index (χ4v) is 3.17. The minimum Gasteiger partial charge on any atom is -0.389 e. The summed E-state index contributed by atoms with van der Waals surface area (Å²) in [5.41, 5.74) is -0.307. The summed E-state index contributed by atoms with van der Waals surface area (Å²) in [6.07, 6.45) is 5.76. The van der Waals surface area contributed by atoms with Gasteiger partial charge in [-0.25, -0.2) is 0 Å². The van der Waals surface area contributed by atoms with E-state index in [2.05, 4.69) is 13.8 Å². The van der Waals surface area contributed by atoms with E-state index >= 15 is 0 Å². The van der Waals surface area contributed by atoms with Gasteiger partial charge in [0.15, 0.2) is 0 Å². The molecule has 0 aromatic carbocycles. The lowest BCUT2D eigenvalue weighted by molar-refractivity contribution is 0.0732. The zero-order valence-electron chi connectivity index (χ0n) is 8.88. The van der Waals surface area contributed by atoms with E-state index in [-0.39, 0.29) is 5.60 Å². The van der Waals surface area contributed by atoms with Gasteiger partial charge in [0.1, 0.15) is 0 Å². The minimum absolute atomic E-state index is 0.307. The van der Waals surface area contributed by atoms with Gasteiger partial charge < -0.3 is 5.11 Å². The molecule has 0 heterocycles. The van der Waals surface area contributed by atoms with Crippen molar-refractivity contribution in [2.24, 2.45) is 5.92 Å². The third-order valence-corrected chi connectivity index (χ3v) is 4.55. The van der Waals surface area contributed by atoms with Crippen LogP contribution < -0.4 is 0 Å². The largest absolute Gasteiger partial charge is 0.389 e. The van der Waals surface area contributed by atoms with Crippen LogP contribution in [0.5, 0.6) is 0 Å². The molecule has 1 fully saturated rings. The quantitative estimate of drug-likeness (QED) is 0.739. The molecule has 0 amide bonds. The molecule has 1 atom stereocenters. The number of thioether (sulfide) groups is 1. The van der Waals surface area contributed by atoms with Crippen molar-refractivity contribution in [3.05, 3.63) is 0 Å². The molecule has 1 nitrogen and oxygen atoms in total. The maximum absolute atomic E-state index is 10.1. The molecular formula is C11H22OS. The second-order valence-electron chi connectivity index (χ2n) is 4.46. The first kappa shape index (κ1) is 11.4. The SMILES string of the molecule is CCC(C)CSCC1(O)CCCC1. The zero-order valence-corrected chi connectivity index (χ0v) is 9.70. The Morgan fingerprint density at radius 2 is 2.00 bits per heavy atom. The Morgan fingerprint density at radius 3 is 2.54 bits per heavy atom. The lowest BCUT2D eigenvalue weighted by Crippen LogP contribution is -2.27. The summed E-state index contributed by atoms with van der Waals surface area (Å²) in [6, 6.07) is 0. The monoisotopic (exact) mass is 202 g/mol. The summed E-state index contributed by atoms with van der Waals surface area (Å²) >= 11 is 1.93. The van der Waals surface area contributed by atoms with Gasteiger partial charge >= 0.3 is 0 Å². The summed E-state index contributed by atoms with van der Waals surface area (Å²) in [4.78, 5) is 0.